The predicted molar refractivity (Wildman–Crippen MR) is 82.7 cm³/mol. The lowest BCUT2D eigenvalue weighted by molar-refractivity contribution is -0.384. The maximum atomic E-state index is 12.5. The van der Waals surface area contributed by atoms with Crippen molar-refractivity contribution < 1.29 is 19.2 Å². The summed E-state index contributed by atoms with van der Waals surface area (Å²) in [5.41, 5.74) is 0.929. The van der Waals surface area contributed by atoms with E-state index in [0.29, 0.717) is 5.56 Å². The SMILES string of the molecule is COC1=C(c2cccc([N+](=O)[O-])c2)C(=O)C(=O)c2ccccc21. The number of fused-ring (bicyclic) bond motifs is 1. The van der Waals surface area contributed by atoms with Crippen LogP contribution in [0, 0.1) is 10.1 Å². The Morgan fingerprint density at radius 1 is 0.957 bits per heavy atom. The van der Waals surface area contributed by atoms with E-state index >= 15 is 0 Å². The summed E-state index contributed by atoms with van der Waals surface area (Å²) in [5, 5.41) is 10.9. The maximum Gasteiger partial charge on any atom is 0.270 e. The number of rotatable bonds is 3. The summed E-state index contributed by atoms with van der Waals surface area (Å²) >= 11 is 0. The van der Waals surface area contributed by atoms with E-state index in [-0.39, 0.29) is 28.1 Å². The number of nitro benzene ring substituents is 1. The minimum Gasteiger partial charge on any atom is -0.495 e. The van der Waals surface area contributed by atoms with Gasteiger partial charge in [0.05, 0.1) is 17.6 Å². The molecule has 0 spiro atoms. The van der Waals surface area contributed by atoms with Crippen LogP contribution < -0.4 is 0 Å². The first-order chi connectivity index (χ1) is 11.0. The van der Waals surface area contributed by atoms with Crippen molar-refractivity contribution in [1.29, 1.82) is 0 Å². The van der Waals surface area contributed by atoms with Crippen LogP contribution in [0.2, 0.25) is 0 Å². The van der Waals surface area contributed by atoms with Gasteiger partial charge < -0.3 is 4.74 Å². The van der Waals surface area contributed by atoms with Gasteiger partial charge in [-0.15, -0.1) is 0 Å². The fourth-order valence-corrected chi connectivity index (χ4v) is 2.60. The topological polar surface area (TPSA) is 86.5 Å². The third-order valence-corrected chi connectivity index (χ3v) is 3.63. The normalized spacial score (nSPS) is 13.8. The number of hydrogen-bond acceptors (Lipinski definition) is 5. The van der Waals surface area contributed by atoms with Crippen LogP contribution in [0.25, 0.3) is 11.3 Å². The van der Waals surface area contributed by atoms with Crippen molar-refractivity contribution in [2.45, 2.75) is 0 Å². The molecule has 6 heteroatoms. The second-order valence-electron chi connectivity index (χ2n) is 4.92. The van der Waals surface area contributed by atoms with E-state index in [4.69, 9.17) is 4.74 Å². The zero-order valence-corrected chi connectivity index (χ0v) is 12.1. The molecule has 0 bridgehead atoms. The Balaban J connectivity index is 2.30. The van der Waals surface area contributed by atoms with Gasteiger partial charge in [-0.25, -0.2) is 0 Å². The molecule has 0 heterocycles. The van der Waals surface area contributed by atoms with Crippen molar-refractivity contribution in [2.75, 3.05) is 7.11 Å². The van der Waals surface area contributed by atoms with E-state index in [1.807, 2.05) is 0 Å². The van der Waals surface area contributed by atoms with Crippen LogP contribution in [-0.4, -0.2) is 23.6 Å². The van der Waals surface area contributed by atoms with Gasteiger partial charge >= 0.3 is 0 Å². The van der Waals surface area contributed by atoms with Crippen LogP contribution in [0.3, 0.4) is 0 Å². The van der Waals surface area contributed by atoms with Gasteiger partial charge in [-0.2, -0.15) is 0 Å². The Bertz CT molecular complexity index is 882. The molecule has 0 amide bonds. The fraction of sp³-hybridized carbons (Fsp3) is 0.0588. The summed E-state index contributed by atoms with van der Waals surface area (Å²) in [5.74, 6) is -1.14. The van der Waals surface area contributed by atoms with Gasteiger partial charge in [0.25, 0.3) is 5.69 Å². The molecule has 6 nitrogen and oxygen atoms in total. The maximum absolute atomic E-state index is 12.5. The van der Waals surface area contributed by atoms with Crippen LogP contribution in [0.15, 0.2) is 48.5 Å². The Morgan fingerprint density at radius 3 is 2.30 bits per heavy atom. The largest absolute Gasteiger partial charge is 0.495 e. The van der Waals surface area contributed by atoms with Crippen molar-refractivity contribution >= 4 is 28.6 Å². The summed E-state index contributed by atoms with van der Waals surface area (Å²) in [4.78, 5) is 35.2. The smallest absolute Gasteiger partial charge is 0.270 e. The average Bonchev–Trinajstić information content (AvgIpc) is 2.58. The highest BCUT2D eigenvalue weighted by Crippen LogP contribution is 2.36. The Labute approximate surface area is 131 Å². The number of ether oxygens (including phenoxy) is 1. The predicted octanol–water partition coefficient (Wildman–Crippen LogP) is 2.87. The molecule has 114 valence electrons. The molecule has 0 aliphatic heterocycles. The number of non-ortho nitro benzene ring substituents is 1. The fourth-order valence-electron chi connectivity index (χ4n) is 2.60. The molecule has 1 aliphatic carbocycles. The molecule has 0 fully saturated rings. The quantitative estimate of drug-likeness (QED) is 0.494. The first-order valence-electron chi connectivity index (χ1n) is 6.76. The number of methoxy groups -OCH3 is 1. The van der Waals surface area contributed by atoms with Crippen LogP contribution in [0.5, 0.6) is 0 Å². The number of hydrogen-bond donors (Lipinski definition) is 0. The molecule has 0 aromatic heterocycles. The molecule has 0 N–H and O–H groups in total. The Morgan fingerprint density at radius 2 is 1.65 bits per heavy atom. The number of allylic oxidation sites excluding steroid dienone is 1. The van der Waals surface area contributed by atoms with E-state index in [0.717, 1.165) is 0 Å². The standard InChI is InChI=1S/C17H11NO5/c1-23-17-13-8-3-2-7-12(13)15(19)16(20)14(17)10-5-4-6-11(9-10)18(21)22/h2-9H,1H3. The molecule has 0 saturated carbocycles. The molecule has 2 aromatic carbocycles. The molecular formula is C17H11NO5. The lowest BCUT2D eigenvalue weighted by Gasteiger charge is -2.20. The molecule has 1 aliphatic rings. The van der Waals surface area contributed by atoms with Crippen molar-refractivity contribution in [1.82, 2.24) is 0 Å². The highest BCUT2D eigenvalue weighted by atomic mass is 16.6. The third kappa shape index (κ3) is 2.30. The van der Waals surface area contributed by atoms with Gasteiger partial charge in [-0.1, -0.05) is 36.4 Å². The van der Waals surface area contributed by atoms with Crippen LogP contribution in [-0.2, 0) is 9.53 Å². The van der Waals surface area contributed by atoms with Crippen molar-refractivity contribution in [3.8, 4) is 0 Å². The summed E-state index contributed by atoms with van der Waals surface area (Å²) in [6.45, 7) is 0. The van der Waals surface area contributed by atoms with Gasteiger partial charge in [0.1, 0.15) is 5.76 Å². The molecule has 0 saturated heterocycles. The first kappa shape index (κ1) is 14.6. The highest BCUT2D eigenvalue weighted by molar-refractivity contribution is 6.62. The summed E-state index contributed by atoms with van der Waals surface area (Å²) in [6.07, 6.45) is 0. The van der Waals surface area contributed by atoms with Gasteiger partial charge in [0.15, 0.2) is 0 Å². The Hall–Kier alpha value is -3.28. The highest BCUT2D eigenvalue weighted by Gasteiger charge is 2.34. The summed E-state index contributed by atoms with van der Waals surface area (Å²) < 4.78 is 5.34. The second-order valence-corrected chi connectivity index (χ2v) is 4.92. The monoisotopic (exact) mass is 309 g/mol. The number of Topliss-reactive ketones (excluding diaryl/α,β-unsaturated/α-hetero) is 2. The molecule has 0 unspecified atom stereocenters. The number of ketones is 2. The molecule has 0 atom stereocenters. The second kappa shape index (κ2) is 5.49. The Kier molecular flexibility index (Phi) is 3.50. The number of carbonyl (C=O) groups is 2. The number of carbonyl (C=O) groups excluding carboxylic acids is 2. The third-order valence-electron chi connectivity index (χ3n) is 3.63. The molecule has 0 radical (unpaired) electrons. The van der Waals surface area contributed by atoms with Crippen LogP contribution >= 0.6 is 0 Å². The van der Waals surface area contributed by atoms with E-state index in [9.17, 15) is 19.7 Å². The minimum atomic E-state index is -0.735. The molecule has 23 heavy (non-hydrogen) atoms. The van der Waals surface area contributed by atoms with Crippen LogP contribution in [0.1, 0.15) is 21.5 Å². The number of benzene rings is 2. The molecule has 2 aromatic rings. The molecule has 3 rings (SSSR count). The van der Waals surface area contributed by atoms with Crippen LogP contribution in [0.4, 0.5) is 5.69 Å². The van der Waals surface area contributed by atoms with E-state index in [1.54, 1.807) is 30.3 Å². The van der Waals surface area contributed by atoms with Gasteiger partial charge in [-0.05, 0) is 5.56 Å². The zero-order chi connectivity index (χ0) is 16.6. The minimum absolute atomic E-state index is 0.0416. The van der Waals surface area contributed by atoms with E-state index in [2.05, 4.69) is 0 Å². The van der Waals surface area contributed by atoms with Crippen molar-refractivity contribution in [2.24, 2.45) is 0 Å². The molecular weight excluding hydrogens is 298 g/mol. The lowest BCUT2D eigenvalue weighted by atomic mass is 9.85. The van der Waals surface area contributed by atoms with Gasteiger partial charge in [0.2, 0.25) is 11.6 Å². The zero-order valence-electron chi connectivity index (χ0n) is 12.1. The van der Waals surface area contributed by atoms with Gasteiger partial charge in [0, 0.05) is 23.3 Å². The summed E-state index contributed by atoms with van der Waals surface area (Å²) in [7, 11) is 1.40. The average molecular weight is 309 g/mol. The lowest BCUT2D eigenvalue weighted by Crippen LogP contribution is -2.23. The first-order valence-corrected chi connectivity index (χ1v) is 6.76. The van der Waals surface area contributed by atoms with Crippen molar-refractivity contribution in [3.63, 3.8) is 0 Å². The van der Waals surface area contributed by atoms with Gasteiger partial charge in [-0.3, -0.25) is 19.7 Å². The van der Waals surface area contributed by atoms with E-state index < -0.39 is 16.5 Å². The van der Waals surface area contributed by atoms with Crippen molar-refractivity contribution in [3.05, 3.63) is 75.3 Å². The summed E-state index contributed by atoms with van der Waals surface area (Å²) in [6, 6.07) is 12.2. The van der Waals surface area contributed by atoms with E-state index in [1.165, 1.54) is 25.3 Å². The number of nitrogens with zero attached hydrogens (tertiary/aromatic N) is 1. The number of nitro groups is 1.